The molecule has 2 N–H and O–H groups in total. The maximum atomic E-state index is 7.43. The highest BCUT2D eigenvalue weighted by molar-refractivity contribution is 7.71. The van der Waals surface area contributed by atoms with Gasteiger partial charge in [0.1, 0.15) is 5.82 Å². The molecule has 98 valence electrons. The van der Waals surface area contributed by atoms with Gasteiger partial charge in [-0.2, -0.15) is 0 Å². The fourth-order valence-electron chi connectivity index (χ4n) is 2.63. The summed E-state index contributed by atoms with van der Waals surface area (Å²) in [6.45, 7) is 9.42. The second kappa shape index (κ2) is 5.02. The number of nitrogens with one attached hydrogen (secondary N) is 2. The number of rotatable bonds is 1. The molecule has 0 radical (unpaired) electrons. The molecular weight excluding hydrogens is 258 g/mol. The van der Waals surface area contributed by atoms with Gasteiger partial charge < -0.3 is 14.9 Å². The third-order valence-electron chi connectivity index (χ3n) is 3.59. The number of aromatic amines is 2. The quantitative estimate of drug-likeness (QED) is 0.617. The summed E-state index contributed by atoms with van der Waals surface area (Å²) in [5, 5.41) is 0. The monoisotopic (exact) mass is 273 g/mol. The lowest BCUT2D eigenvalue weighted by atomic mass is 10.2. The van der Waals surface area contributed by atoms with Crippen molar-refractivity contribution >= 4 is 34.8 Å². The first-order valence-electron chi connectivity index (χ1n) is 6.53. The van der Waals surface area contributed by atoms with Crippen molar-refractivity contribution in [3.63, 3.8) is 0 Å². The first-order chi connectivity index (χ1) is 9.31. The Morgan fingerprint density at radius 1 is 1.21 bits per heavy atom. The predicted molar refractivity (Wildman–Crippen MR) is 78.2 cm³/mol. The van der Waals surface area contributed by atoms with Gasteiger partial charge in [0.05, 0.1) is 23.9 Å². The fourth-order valence-corrected chi connectivity index (χ4v) is 2.84. The molecule has 1 fully saturated rings. The third kappa shape index (κ3) is 2.10. The minimum Gasteiger partial charge on any atom is -0.367 e. The maximum absolute atomic E-state index is 7.43. The summed E-state index contributed by atoms with van der Waals surface area (Å²) in [6, 6.07) is 0. The van der Waals surface area contributed by atoms with Crippen LogP contribution in [-0.2, 0) is 0 Å². The standard InChI is InChI=1S/C13H15N5S/c1-14-10-9-11(13(19)16-8-15-9)17-12(10)18-6-4-2-3-5-7-18/h8,17H,2-7H2,(H,15,16,19). The molecule has 0 amide bonds. The molecule has 3 heterocycles. The lowest BCUT2D eigenvalue weighted by Crippen LogP contribution is -2.24. The first kappa shape index (κ1) is 12.2. The van der Waals surface area contributed by atoms with Gasteiger partial charge in [-0.25, -0.2) is 9.83 Å². The Balaban J connectivity index is 2.15. The van der Waals surface area contributed by atoms with Crippen molar-refractivity contribution in [2.45, 2.75) is 25.7 Å². The van der Waals surface area contributed by atoms with Gasteiger partial charge in [0.15, 0.2) is 4.64 Å². The van der Waals surface area contributed by atoms with Crippen molar-refractivity contribution in [1.29, 1.82) is 0 Å². The van der Waals surface area contributed by atoms with Crippen LogP contribution in [-0.4, -0.2) is 28.0 Å². The lowest BCUT2D eigenvalue weighted by Gasteiger charge is -2.21. The Kier molecular flexibility index (Phi) is 3.22. The van der Waals surface area contributed by atoms with Crippen molar-refractivity contribution in [3.8, 4) is 0 Å². The van der Waals surface area contributed by atoms with E-state index >= 15 is 0 Å². The fraction of sp³-hybridized carbons (Fsp3) is 0.462. The highest BCUT2D eigenvalue weighted by Crippen LogP contribution is 2.36. The molecule has 0 unspecified atom stereocenters. The zero-order valence-corrected chi connectivity index (χ0v) is 11.4. The summed E-state index contributed by atoms with van der Waals surface area (Å²) in [7, 11) is 0. The smallest absolute Gasteiger partial charge is 0.251 e. The van der Waals surface area contributed by atoms with Gasteiger partial charge in [0, 0.05) is 13.1 Å². The van der Waals surface area contributed by atoms with Crippen LogP contribution in [0.2, 0.25) is 0 Å². The summed E-state index contributed by atoms with van der Waals surface area (Å²) in [5.74, 6) is 0.891. The molecule has 1 aliphatic heterocycles. The molecule has 1 aliphatic rings. The van der Waals surface area contributed by atoms with Crippen molar-refractivity contribution < 1.29 is 0 Å². The zero-order valence-electron chi connectivity index (χ0n) is 10.6. The number of hydrogen-bond donors (Lipinski definition) is 2. The molecule has 1 saturated heterocycles. The first-order valence-corrected chi connectivity index (χ1v) is 6.94. The lowest BCUT2D eigenvalue weighted by molar-refractivity contribution is 0.726. The third-order valence-corrected chi connectivity index (χ3v) is 3.90. The summed E-state index contributed by atoms with van der Waals surface area (Å²) >= 11 is 5.22. The molecule has 6 heteroatoms. The van der Waals surface area contributed by atoms with Gasteiger partial charge in [0.25, 0.3) is 5.69 Å². The Bertz CT molecular complexity index is 685. The van der Waals surface area contributed by atoms with Crippen molar-refractivity contribution in [2.75, 3.05) is 18.0 Å². The van der Waals surface area contributed by atoms with E-state index in [0.29, 0.717) is 10.3 Å². The molecule has 0 aliphatic carbocycles. The van der Waals surface area contributed by atoms with Crippen LogP contribution in [0.15, 0.2) is 6.33 Å². The normalized spacial score (nSPS) is 16.3. The number of H-pyrrole nitrogens is 2. The molecule has 0 saturated carbocycles. The Morgan fingerprint density at radius 3 is 2.63 bits per heavy atom. The largest absolute Gasteiger partial charge is 0.367 e. The van der Waals surface area contributed by atoms with E-state index < -0.39 is 0 Å². The number of aromatic nitrogens is 3. The van der Waals surface area contributed by atoms with Crippen LogP contribution in [0.3, 0.4) is 0 Å². The van der Waals surface area contributed by atoms with Gasteiger partial charge >= 0.3 is 0 Å². The number of nitrogens with zero attached hydrogens (tertiary/aromatic N) is 3. The highest BCUT2D eigenvalue weighted by Gasteiger charge is 2.19. The molecular formula is C13H15N5S. The Morgan fingerprint density at radius 2 is 1.95 bits per heavy atom. The maximum Gasteiger partial charge on any atom is 0.251 e. The van der Waals surface area contributed by atoms with Gasteiger partial charge in [-0.3, -0.25) is 0 Å². The topological polar surface area (TPSA) is 52.1 Å². The molecule has 19 heavy (non-hydrogen) atoms. The molecule has 5 nitrogen and oxygen atoms in total. The van der Waals surface area contributed by atoms with E-state index in [2.05, 4.69) is 24.7 Å². The van der Waals surface area contributed by atoms with Gasteiger partial charge in [-0.1, -0.05) is 25.1 Å². The van der Waals surface area contributed by atoms with Gasteiger partial charge in [0.2, 0.25) is 0 Å². The van der Waals surface area contributed by atoms with Crippen LogP contribution in [0.4, 0.5) is 11.5 Å². The van der Waals surface area contributed by atoms with Crippen LogP contribution >= 0.6 is 12.2 Å². The van der Waals surface area contributed by atoms with E-state index in [-0.39, 0.29) is 0 Å². The van der Waals surface area contributed by atoms with Crippen LogP contribution in [0.1, 0.15) is 25.7 Å². The van der Waals surface area contributed by atoms with E-state index in [1.165, 1.54) is 25.7 Å². The minimum absolute atomic E-state index is 0.514. The van der Waals surface area contributed by atoms with Crippen LogP contribution in [0.5, 0.6) is 0 Å². The second-order valence-electron chi connectivity index (χ2n) is 4.79. The van der Waals surface area contributed by atoms with E-state index in [1.54, 1.807) is 6.33 Å². The SMILES string of the molecule is [C-]#[N+]c1c(N2CCCCCC2)[nH]c2c(=S)nc[nH]c12. The summed E-state index contributed by atoms with van der Waals surface area (Å²) < 4.78 is 0.514. The molecule has 3 rings (SSSR count). The van der Waals surface area contributed by atoms with Crippen LogP contribution in [0, 0.1) is 11.2 Å². The average molecular weight is 273 g/mol. The summed E-state index contributed by atoms with van der Waals surface area (Å²) in [4.78, 5) is 16.3. The number of anilines is 1. The Labute approximate surface area is 116 Å². The van der Waals surface area contributed by atoms with Crippen LogP contribution in [0.25, 0.3) is 15.9 Å². The zero-order chi connectivity index (χ0) is 13.2. The molecule has 0 aromatic carbocycles. The second-order valence-corrected chi connectivity index (χ2v) is 5.18. The predicted octanol–water partition coefficient (Wildman–Crippen LogP) is 3.55. The summed E-state index contributed by atoms with van der Waals surface area (Å²) in [5.41, 5.74) is 2.17. The molecule has 2 aromatic heterocycles. The Hall–Kier alpha value is -1.87. The van der Waals surface area contributed by atoms with E-state index in [0.717, 1.165) is 29.9 Å². The summed E-state index contributed by atoms with van der Waals surface area (Å²) in [6.07, 6.45) is 6.44. The van der Waals surface area contributed by atoms with Gasteiger partial charge in [-0.15, -0.1) is 0 Å². The van der Waals surface area contributed by atoms with Gasteiger partial charge in [-0.05, 0) is 12.8 Å². The molecule has 0 bridgehead atoms. The highest BCUT2D eigenvalue weighted by atomic mass is 32.1. The number of fused-ring (bicyclic) bond motifs is 1. The molecule has 0 spiro atoms. The minimum atomic E-state index is 0.514. The van der Waals surface area contributed by atoms with E-state index in [1.807, 2.05) is 0 Å². The molecule has 2 aromatic rings. The van der Waals surface area contributed by atoms with Crippen molar-refractivity contribution in [1.82, 2.24) is 15.0 Å². The van der Waals surface area contributed by atoms with E-state index in [4.69, 9.17) is 18.8 Å². The number of hydrogen-bond acceptors (Lipinski definition) is 3. The molecule has 0 atom stereocenters. The average Bonchev–Trinajstić information content (AvgIpc) is 2.60. The van der Waals surface area contributed by atoms with Crippen molar-refractivity contribution in [3.05, 3.63) is 22.4 Å². The van der Waals surface area contributed by atoms with Crippen molar-refractivity contribution in [2.24, 2.45) is 0 Å². The van der Waals surface area contributed by atoms with E-state index in [9.17, 15) is 0 Å². The van der Waals surface area contributed by atoms with Crippen LogP contribution < -0.4 is 4.90 Å².